The van der Waals surface area contributed by atoms with E-state index in [0.717, 1.165) is 25.9 Å². The van der Waals surface area contributed by atoms with E-state index in [1.165, 1.54) is 11.1 Å². The average Bonchev–Trinajstić information content (AvgIpc) is 2.38. The van der Waals surface area contributed by atoms with Gasteiger partial charge in [0.1, 0.15) is 0 Å². The zero-order valence-electron chi connectivity index (χ0n) is 10.3. The van der Waals surface area contributed by atoms with E-state index < -0.39 is 0 Å². The van der Waals surface area contributed by atoms with E-state index in [0.29, 0.717) is 0 Å². The topological polar surface area (TPSA) is 35.2 Å². The largest absolute Gasteiger partial charge is 0.372 e. The monoisotopic (exact) mass is 229 g/mol. The van der Waals surface area contributed by atoms with Crippen molar-refractivity contribution in [2.24, 2.45) is 5.73 Å². The van der Waals surface area contributed by atoms with Crippen LogP contribution in [0.3, 0.4) is 0 Å². The summed E-state index contributed by atoms with van der Waals surface area (Å²) in [4.78, 5) is 0. The van der Waals surface area contributed by atoms with Crippen LogP contribution in [-0.4, -0.2) is 12.6 Å². The van der Waals surface area contributed by atoms with Gasteiger partial charge in [-0.25, -0.2) is 0 Å². The first-order chi connectivity index (χ1) is 8.33. The van der Waals surface area contributed by atoms with Crippen LogP contribution in [0.25, 0.3) is 0 Å². The van der Waals surface area contributed by atoms with Crippen LogP contribution in [0.5, 0.6) is 0 Å². The summed E-state index contributed by atoms with van der Waals surface area (Å²) in [6, 6.07) is 8.47. The van der Waals surface area contributed by atoms with Crippen LogP contribution in [-0.2, 0) is 11.2 Å². The molecule has 1 aliphatic heterocycles. The third kappa shape index (κ3) is 2.88. The maximum Gasteiger partial charge on any atom is 0.0978 e. The van der Waals surface area contributed by atoms with Gasteiger partial charge in [-0.2, -0.15) is 0 Å². The first-order valence-electron chi connectivity index (χ1n) is 6.17. The molecular formula is C15H19NO. The molecule has 1 aliphatic rings. The molecule has 1 heterocycles. The minimum atomic E-state index is 0.0392. The molecule has 0 saturated heterocycles. The fraction of sp³-hybridized carbons (Fsp3) is 0.467. The number of ether oxygens (including phenoxy) is 1. The molecule has 1 aromatic rings. The molecule has 2 N–H and O–H groups in total. The van der Waals surface area contributed by atoms with E-state index in [2.05, 4.69) is 36.1 Å². The Balaban J connectivity index is 2.08. The molecule has 0 bridgehead atoms. The minimum absolute atomic E-state index is 0.0392. The maximum absolute atomic E-state index is 6.21. The van der Waals surface area contributed by atoms with Crippen LogP contribution in [0.15, 0.2) is 24.3 Å². The van der Waals surface area contributed by atoms with Crippen molar-refractivity contribution < 1.29 is 4.74 Å². The fourth-order valence-corrected chi connectivity index (χ4v) is 2.29. The fourth-order valence-electron chi connectivity index (χ4n) is 2.29. The minimum Gasteiger partial charge on any atom is -0.372 e. The molecule has 17 heavy (non-hydrogen) atoms. The summed E-state index contributed by atoms with van der Waals surface area (Å²) < 4.78 is 5.82. The lowest BCUT2D eigenvalue weighted by atomic mass is 9.92. The van der Waals surface area contributed by atoms with Gasteiger partial charge in [0.15, 0.2) is 0 Å². The van der Waals surface area contributed by atoms with E-state index in [9.17, 15) is 0 Å². The summed E-state index contributed by atoms with van der Waals surface area (Å²) in [5.74, 6) is 5.96. The smallest absolute Gasteiger partial charge is 0.0978 e. The van der Waals surface area contributed by atoms with Gasteiger partial charge in [0.05, 0.1) is 12.7 Å². The molecule has 0 spiro atoms. The molecule has 2 rings (SSSR count). The van der Waals surface area contributed by atoms with Crippen LogP contribution >= 0.6 is 0 Å². The second-order valence-corrected chi connectivity index (χ2v) is 4.37. The average molecular weight is 229 g/mol. The second-order valence-electron chi connectivity index (χ2n) is 4.37. The van der Waals surface area contributed by atoms with Gasteiger partial charge >= 0.3 is 0 Å². The predicted molar refractivity (Wildman–Crippen MR) is 69.5 cm³/mol. The van der Waals surface area contributed by atoms with E-state index in [4.69, 9.17) is 10.5 Å². The van der Waals surface area contributed by atoms with Gasteiger partial charge in [0, 0.05) is 12.5 Å². The summed E-state index contributed by atoms with van der Waals surface area (Å²) in [6.07, 6.45) is 2.77. The molecule has 2 heteroatoms. The van der Waals surface area contributed by atoms with Crippen molar-refractivity contribution in [3.8, 4) is 11.8 Å². The van der Waals surface area contributed by atoms with Crippen molar-refractivity contribution in [1.82, 2.24) is 0 Å². The Morgan fingerprint density at radius 3 is 3.12 bits per heavy atom. The number of hydrogen-bond donors (Lipinski definition) is 1. The summed E-state index contributed by atoms with van der Waals surface area (Å²) in [7, 11) is 0. The van der Waals surface area contributed by atoms with Gasteiger partial charge in [-0.15, -0.1) is 11.8 Å². The molecule has 0 amide bonds. The zero-order chi connectivity index (χ0) is 12.1. The Labute approximate surface area is 103 Å². The molecule has 2 nitrogen and oxygen atoms in total. The van der Waals surface area contributed by atoms with E-state index in [-0.39, 0.29) is 12.1 Å². The van der Waals surface area contributed by atoms with Crippen LogP contribution in [0, 0.1) is 11.8 Å². The summed E-state index contributed by atoms with van der Waals surface area (Å²) in [6.45, 7) is 2.63. The van der Waals surface area contributed by atoms with Crippen LogP contribution in [0.4, 0.5) is 0 Å². The molecule has 1 aromatic carbocycles. The molecule has 0 radical (unpaired) electrons. The summed E-state index contributed by atoms with van der Waals surface area (Å²) in [5.41, 5.74) is 8.85. The van der Waals surface area contributed by atoms with Crippen molar-refractivity contribution in [3.63, 3.8) is 0 Å². The first-order valence-corrected chi connectivity index (χ1v) is 6.17. The lowest BCUT2D eigenvalue weighted by molar-refractivity contribution is 0.0230. The molecule has 90 valence electrons. The SMILES string of the molecule is CC#CCCC(N)C1OCCc2ccccc21. The Morgan fingerprint density at radius 1 is 1.47 bits per heavy atom. The number of rotatable bonds is 3. The van der Waals surface area contributed by atoms with Crippen LogP contribution in [0.1, 0.15) is 37.0 Å². The zero-order valence-corrected chi connectivity index (χ0v) is 10.3. The third-order valence-corrected chi connectivity index (χ3v) is 3.20. The maximum atomic E-state index is 6.21. The summed E-state index contributed by atoms with van der Waals surface area (Å²) >= 11 is 0. The Kier molecular flexibility index (Phi) is 4.19. The van der Waals surface area contributed by atoms with Crippen LogP contribution in [0.2, 0.25) is 0 Å². The Morgan fingerprint density at radius 2 is 2.29 bits per heavy atom. The molecule has 0 aliphatic carbocycles. The van der Waals surface area contributed by atoms with Gasteiger partial charge in [-0.1, -0.05) is 24.3 Å². The highest BCUT2D eigenvalue weighted by Gasteiger charge is 2.25. The van der Waals surface area contributed by atoms with Crippen molar-refractivity contribution >= 4 is 0 Å². The standard InChI is InChI=1S/C15H19NO/c1-2-3-4-9-14(16)15-13-8-6-5-7-12(13)10-11-17-15/h5-8,14-15H,4,9-11,16H2,1H3. The highest BCUT2D eigenvalue weighted by Crippen LogP contribution is 2.30. The van der Waals surface area contributed by atoms with Gasteiger partial charge < -0.3 is 10.5 Å². The van der Waals surface area contributed by atoms with Crippen LogP contribution < -0.4 is 5.73 Å². The number of benzene rings is 1. The van der Waals surface area contributed by atoms with Crippen molar-refractivity contribution in [1.29, 1.82) is 0 Å². The number of hydrogen-bond acceptors (Lipinski definition) is 2. The van der Waals surface area contributed by atoms with Gasteiger partial charge in [0.25, 0.3) is 0 Å². The molecular weight excluding hydrogens is 210 g/mol. The van der Waals surface area contributed by atoms with Crippen molar-refractivity contribution in [3.05, 3.63) is 35.4 Å². The van der Waals surface area contributed by atoms with E-state index >= 15 is 0 Å². The number of fused-ring (bicyclic) bond motifs is 1. The summed E-state index contributed by atoms with van der Waals surface area (Å²) in [5, 5.41) is 0. The quantitative estimate of drug-likeness (QED) is 0.808. The normalized spacial score (nSPS) is 20.0. The molecule has 2 unspecified atom stereocenters. The van der Waals surface area contributed by atoms with Crippen molar-refractivity contribution in [2.75, 3.05) is 6.61 Å². The lowest BCUT2D eigenvalue weighted by Gasteiger charge is -2.30. The molecule has 2 atom stereocenters. The Hall–Kier alpha value is -1.30. The lowest BCUT2D eigenvalue weighted by Crippen LogP contribution is -2.33. The van der Waals surface area contributed by atoms with Crippen molar-refractivity contribution in [2.45, 2.75) is 38.3 Å². The van der Waals surface area contributed by atoms with E-state index in [1.54, 1.807) is 0 Å². The first kappa shape index (κ1) is 12.2. The molecule has 0 saturated carbocycles. The van der Waals surface area contributed by atoms with Gasteiger partial charge in [-0.3, -0.25) is 0 Å². The van der Waals surface area contributed by atoms with E-state index in [1.807, 2.05) is 6.92 Å². The highest BCUT2D eigenvalue weighted by atomic mass is 16.5. The molecule has 0 fully saturated rings. The second kappa shape index (κ2) is 5.86. The highest BCUT2D eigenvalue weighted by molar-refractivity contribution is 5.31. The third-order valence-electron chi connectivity index (χ3n) is 3.20. The van der Waals surface area contributed by atoms with Gasteiger partial charge in [0.2, 0.25) is 0 Å². The van der Waals surface area contributed by atoms with Gasteiger partial charge in [-0.05, 0) is 30.9 Å². The number of nitrogens with two attached hydrogens (primary N) is 1. The predicted octanol–water partition coefficient (Wildman–Crippen LogP) is 2.43. The Bertz CT molecular complexity index is 430. The molecule has 0 aromatic heterocycles.